The van der Waals surface area contributed by atoms with Crippen molar-refractivity contribution < 1.29 is 13.2 Å². The van der Waals surface area contributed by atoms with Crippen LogP contribution >= 0.6 is 23.4 Å². The Morgan fingerprint density at radius 2 is 2.00 bits per heavy atom. The average molecular weight is 242 g/mol. The fourth-order valence-corrected chi connectivity index (χ4v) is 1.70. The maximum Gasteiger partial charge on any atom is 0.446 e. The van der Waals surface area contributed by atoms with Gasteiger partial charge in [0.1, 0.15) is 0 Å². The van der Waals surface area contributed by atoms with E-state index in [9.17, 15) is 13.2 Å². The summed E-state index contributed by atoms with van der Waals surface area (Å²) in [5.41, 5.74) is -3.62. The van der Waals surface area contributed by atoms with Crippen molar-refractivity contribution in [2.45, 2.75) is 10.4 Å². The van der Waals surface area contributed by atoms with E-state index in [1.54, 1.807) is 13.1 Å². The van der Waals surface area contributed by atoms with Gasteiger partial charge in [0.05, 0.1) is 5.02 Å². The highest BCUT2D eigenvalue weighted by Crippen LogP contribution is 2.40. The van der Waals surface area contributed by atoms with E-state index in [1.165, 1.54) is 12.1 Å². The molecule has 0 fully saturated rings. The molecule has 0 spiro atoms. The van der Waals surface area contributed by atoms with Crippen LogP contribution in [0.2, 0.25) is 5.02 Å². The van der Waals surface area contributed by atoms with Gasteiger partial charge in [0.25, 0.3) is 0 Å². The third-order valence-electron chi connectivity index (χ3n) is 1.45. The van der Waals surface area contributed by atoms with Crippen molar-refractivity contribution >= 4 is 29.1 Å². The number of thioether (sulfide) groups is 1. The van der Waals surface area contributed by atoms with Gasteiger partial charge >= 0.3 is 5.51 Å². The summed E-state index contributed by atoms with van der Waals surface area (Å²) in [7, 11) is 1.67. The van der Waals surface area contributed by atoms with E-state index in [2.05, 4.69) is 5.32 Å². The molecular formula is C8H7ClF3NS. The predicted molar refractivity (Wildman–Crippen MR) is 52.9 cm³/mol. The Hall–Kier alpha value is -0.550. The first-order valence-corrected chi connectivity index (χ1v) is 4.85. The van der Waals surface area contributed by atoms with E-state index in [0.717, 1.165) is 0 Å². The van der Waals surface area contributed by atoms with Gasteiger partial charge in [0.15, 0.2) is 0 Å². The molecule has 0 saturated heterocycles. The zero-order chi connectivity index (χ0) is 10.8. The summed E-state index contributed by atoms with van der Waals surface area (Å²) in [6.45, 7) is 0. The molecule has 0 radical (unpaired) electrons. The van der Waals surface area contributed by atoms with Gasteiger partial charge in [-0.3, -0.25) is 0 Å². The van der Waals surface area contributed by atoms with Gasteiger partial charge in [-0.05, 0) is 30.0 Å². The van der Waals surface area contributed by atoms with Crippen molar-refractivity contribution in [2.75, 3.05) is 12.4 Å². The number of nitrogens with one attached hydrogen (secondary N) is 1. The van der Waals surface area contributed by atoms with Crippen molar-refractivity contribution in [3.63, 3.8) is 0 Å². The van der Waals surface area contributed by atoms with Crippen LogP contribution in [0.3, 0.4) is 0 Å². The summed E-state index contributed by atoms with van der Waals surface area (Å²) in [5, 5.41) is 2.88. The highest BCUT2D eigenvalue weighted by Gasteiger charge is 2.30. The first-order valence-electron chi connectivity index (χ1n) is 3.65. The zero-order valence-corrected chi connectivity index (χ0v) is 8.72. The molecular weight excluding hydrogens is 235 g/mol. The topological polar surface area (TPSA) is 12.0 Å². The summed E-state index contributed by atoms with van der Waals surface area (Å²) >= 11 is 5.44. The number of rotatable bonds is 2. The van der Waals surface area contributed by atoms with Crippen LogP contribution in [-0.2, 0) is 0 Å². The lowest BCUT2D eigenvalue weighted by atomic mass is 10.3. The maximum atomic E-state index is 12.0. The molecule has 1 aromatic carbocycles. The molecule has 78 valence electrons. The van der Waals surface area contributed by atoms with Crippen molar-refractivity contribution in [1.29, 1.82) is 0 Å². The van der Waals surface area contributed by atoms with Crippen molar-refractivity contribution in [3.8, 4) is 0 Å². The predicted octanol–water partition coefficient (Wildman–Crippen LogP) is 3.99. The number of hydrogen-bond donors (Lipinski definition) is 1. The lowest BCUT2D eigenvalue weighted by molar-refractivity contribution is -0.0328. The molecule has 1 rings (SSSR count). The van der Waals surface area contributed by atoms with Crippen molar-refractivity contribution in [3.05, 3.63) is 23.2 Å². The molecule has 0 aliphatic carbocycles. The Labute approximate surface area is 88.6 Å². The van der Waals surface area contributed by atoms with Crippen LogP contribution in [0.15, 0.2) is 23.1 Å². The molecule has 0 unspecified atom stereocenters. The molecule has 1 nitrogen and oxygen atoms in total. The Morgan fingerprint density at radius 3 is 2.43 bits per heavy atom. The molecule has 0 aliphatic rings. The smallest absolute Gasteiger partial charge is 0.388 e. The summed E-state index contributed by atoms with van der Waals surface area (Å²) < 4.78 is 36.0. The summed E-state index contributed by atoms with van der Waals surface area (Å²) in [4.78, 5) is 0.0122. The lowest BCUT2D eigenvalue weighted by Crippen LogP contribution is -1.99. The fourth-order valence-electron chi connectivity index (χ4n) is 0.864. The standard InChI is InChI=1S/C8H7ClF3NS/c1-13-5-2-3-7(6(9)4-5)14-8(10,11)12/h2-4,13H,1H3. The van der Waals surface area contributed by atoms with E-state index in [-0.39, 0.29) is 21.7 Å². The van der Waals surface area contributed by atoms with Gasteiger partial charge in [0.2, 0.25) is 0 Å². The van der Waals surface area contributed by atoms with E-state index in [4.69, 9.17) is 11.6 Å². The van der Waals surface area contributed by atoms with Crippen LogP contribution in [0.1, 0.15) is 0 Å². The third-order valence-corrected chi connectivity index (χ3v) is 2.68. The van der Waals surface area contributed by atoms with Crippen LogP contribution in [0, 0.1) is 0 Å². The van der Waals surface area contributed by atoms with Crippen LogP contribution in [0.5, 0.6) is 0 Å². The highest BCUT2D eigenvalue weighted by molar-refractivity contribution is 8.00. The van der Waals surface area contributed by atoms with Gasteiger partial charge < -0.3 is 5.32 Å². The van der Waals surface area contributed by atoms with Gasteiger partial charge in [-0.25, -0.2) is 0 Å². The normalized spacial score (nSPS) is 11.5. The van der Waals surface area contributed by atoms with Gasteiger partial charge in [0, 0.05) is 17.6 Å². The molecule has 1 N–H and O–H groups in total. The molecule has 0 heterocycles. The van der Waals surface area contributed by atoms with Crippen LogP contribution < -0.4 is 5.32 Å². The highest BCUT2D eigenvalue weighted by atomic mass is 35.5. The van der Waals surface area contributed by atoms with Gasteiger partial charge in [-0.2, -0.15) is 13.2 Å². The molecule has 0 saturated carbocycles. The van der Waals surface area contributed by atoms with Gasteiger partial charge in [-0.1, -0.05) is 11.6 Å². The van der Waals surface area contributed by atoms with E-state index in [1.807, 2.05) is 0 Å². The molecule has 0 bridgehead atoms. The maximum absolute atomic E-state index is 12.0. The first kappa shape index (κ1) is 11.5. The first-order chi connectivity index (χ1) is 6.42. The van der Waals surface area contributed by atoms with Crippen molar-refractivity contribution in [2.24, 2.45) is 0 Å². The Bertz CT molecular complexity index is 327. The molecule has 0 aliphatic heterocycles. The number of hydrogen-bond acceptors (Lipinski definition) is 2. The minimum atomic E-state index is -4.30. The summed E-state index contributed by atoms with van der Waals surface area (Å²) in [5.74, 6) is 0. The monoisotopic (exact) mass is 241 g/mol. The Morgan fingerprint density at radius 1 is 1.36 bits per heavy atom. The van der Waals surface area contributed by atoms with Crippen LogP contribution in [-0.4, -0.2) is 12.6 Å². The average Bonchev–Trinajstić information content (AvgIpc) is 2.06. The summed E-state index contributed by atoms with van der Waals surface area (Å²) in [6, 6.07) is 4.34. The second-order valence-electron chi connectivity index (χ2n) is 2.44. The number of anilines is 1. The lowest BCUT2D eigenvalue weighted by Gasteiger charge is -2.08. The van der Waals surface area contributed by atoms with Crippen LogP contribution in [0.25, 0.3) is 0 Å². The quantitative estimate of drug-likeness (QED) is 0.786. The third kappa shape index (κ3) is 3.31. The number of halogens is 4. The second-order valence-corrected chi connectivity index (χ2v) is 3.96. The zero-order valence-electron chi connectivity index (χ0n) is 7.15. The molecule has 14 heavy (non-hydrogen) atoms. The second kappa shape index (κ2) is 4.31. The Balaban J connectivity index is 2.89. The molecule has 0 atom stereocenters. The minimum Gasteiger partial charge on any atom is -0.388 e. The van der Waals surface area contributed by atoms with Crippen LogP contribution in [0.4, 0.5) is 18.9 Å². The fraction of sp³-hybridized carbons (Fsp3) is 0.250. The van der Waals surface area contributed by atoms with E-state index >= 15 is 0 Å². The molecule has 0 aromatic heterocycles. The van der Waals surface area contributed by atoms with E-state index < -0.39 is 5.51 Å². The summed E-state index contributed by atoms with van der Waals surface area (Å²) in [6.07, 6.45) is 0. The molecule has 0 amide bonds. The van der Waals surface area contributed by atoms with E-state index in [0.29, 0.717) is 5.69 Å². The Kier molecular flexibility index (Phi) is 3.55. The minimum absolute atomic E-state index is 0.0122. The van der Waals surface area contributed by atoms with Gasteiger partial charge in [-0.15, -0.1) is 0 Å². The molecule has 1 aromatic rings. The largest absolute Gasteiger partial charge is 0.446 e. The van der Waals surface area contributed by atoms with Crippen molar-refractivity contribution in [1.82, 2.24) is 0 Å². The SMILES string of the molecule is CNc1ccc(SC(F)(F)F)c(Cl)c1. The number of alkyl halides is 3. The number of benzene rings is 1. The molecule has 6 heteroatoms.